The van der Waals surface area contributed by atoms with Gasteiger partial charge in [-0.3, -0.25) is 4.79 Å². The molecule has 160 valence electrons. The molecule has 0 aliphatic heterocycles. The maximum absolute atomic E-state index is 12.4. The SMILES string of the molecule is CCNC(=NCc1cccc(Cn2cncn2)c1)N(C)CC(=O)N(CC)CC.I. The highest BCUT2D eigenvalue weighted by Gasteiger charge is 2.15. The van der Waals surface area contributed by atoms with Crippen LogP contribution in [-0.2, 0) is 17.9 Å². The number of hydrogen-bond donors (Lipinski definition) is 1. The van der Waals surface area contributed by atoms with Gasteiger partial charge in [0.1, 0.15) is 12.7 Å². The van der Waals surface area contributed by atoms with E-state index in [9.17, 15) is 4.79 Å². The molecule has 1 N–H and O–H groups in total. The highest BCUT2D eigenvalue weighted by atomic mass is 127. The van der Waals surface area contributed by atoms with E-state index in [-0.39, 0.29) is 29.9 Å². The summed E-state index contributed by atoms with van der Waals surface area (Å²) in [6.07, 6.45) is 3.24. The van der Waals surface area contributed by atoms with E-state index in [1.165, 1.54) is 6.33 Å². The number of carbonyl (C=O) groups is 1. The zero-order chi connectivity index (χ0) is 20.4. The van der Waals surface area contributed by atoms with Crippen molar-refractivity contribution in [3.8, 4) is 0 Å². The van der Waals surface area contributed by atoms with Crippen LogP contribution in [0.5, 0.6) is 0 Å². The van der Waals surface area contributed by atoms with Gasteiger partial charge in [-0.05, 0) is 31.9 Å². The molecule has 0 spiro atoms. The number of carbonyl (C=O) groups excluding carboxylic acids is 1. The molecule has 0 saturated carbocycles. The predicted molar refractivity (Wildman–Crippen MR) is 126 cm³/mol. The molecule has 1 aromatic carbocycles. The number of nitrogens with zero attached hydrogens (tertiary/aromatic N) is 6. The number of hydrogen-bond acceptors (Lipinski definition) is 4. The number of halogens is 1. The lowest BCUT2D eigenvalue weighted by Gasteiger charge is -2.25. The Kier molecular flexibility index (Phi) is 11.3. The minimum Gasteiger partial charge on any atom is -0.357 e. The summed E-state index contributed by atoms with van der Waals surface area (Å²) in [6.45, 7) is 9.71. The molecule has 1 heterocycles. The van der Waals surface area contributed by atoms with Gasteiger partial charge in [0.15, 0.2) is 5.96 Å². The van der Waals surface area contributed by atoms with E-state index in [0.717, 1.165) is 36.7 Å². The minimum atomic E-state index is 0. The fourth-order valence-electron chi connectivity index (χ4n) is 2.92. The van der Waals surface area contributed by atoms with Crippen LogP contribution in [-0.4, -0.2) is 69.7 Å². The quantitative estimate of drug-likeness (QED) is 0.316. The van der Waals surface area contributed by atoms with Crippen LogP contribution in [0.4, 0.5) is 0 Å². The van der Waals surface area contributed by atoms with Crippen molar-refractivity contribution < 1.29 is 4.79 Å². The second-order valence-electron chi connectivity index (χ2n) is 6.51. The zero-order valence-corrected chi connectivity index (χ0v) is 20.0. The summed E-state index contributed by atoms with van der Waals surface area (Å²) in [5.74, 6) is 0.831. The monoisotopic (exact) mass is 513 g/mol. The largest absolute Gasteiger partial charge is 0.357 e. The molecule has 1 aromatic heterocycles. The van der Waals surface area contributed by atoms with Crippen molar-refractivity contribution in [3.05, 3.63) is 48.0 Å². The Balaban J connectivity index is 0.00000420. The van der Waals surface area contributed by atoms with E-state index in [0.29, 0.717) is 19.6 Å². The summed E-state index contributed by atoms with van der Waals surface area (Å²) in [5, 5.41) is 7.41. The first-order valence-electron chi connectivity index (χ1n) is 9.74. The van der Waals surface area contributed by atoms with E-state index < -0.39 is 0 Å². The lowest BCUT2D eigenvalue weighted by atomic mass is 10.1. The van der Waals surface area contributed by atoms with E-state index >= 15 is 0 Å². The molecule has 0 atom stereocenters. The van der Waals surface area contributed by atoms with Gasteiger partial charge in [0.05, 0.1) is 19.6 Å². The number of guanidine groups is 1. The van der Waals surface area contributed by atoms with Gasteiger partial charge < -0.3 is 15.1 Å². The molecule has 0 aliphatic carbocycles. The molecule has 1 amide bonds. The van der Waals surface area contributed by atoms with Crippen molar-refractivity contribution in [2.75, 3.05) is 33.2 Å². The van der Waals surface area contributed by atoms with E-state index in [1.54, 1.807) is 11.0 Å². The first kappa shape index (κ1) is 24.9. The number of aliphatic imine (C=N–C) groups is 1. The molecule has 8 nitrogen and oxygen atoms in total. The van der Waals surface area contributed by atoms with Crippen LogP contribution in [0, 0.1) is 0 Å². The van der Waals surface area contributed by atoms with Crippen molar-refractivity contribution in [3.63, 3.8) is 0 Å². The van der Waals surface area contributed by atoms with Crippen LogP contribution < -0.4 is 5.32 Å². The van der Waals surface area contributed by atoms with Crippen LogP contribution >= 0.6 is 24.0 Å². The summed E-state index contributed by atoms with van der Waals surface area (Å²) in [5.41, 5.74) is 2.25. The summed E-state index contributed by atoms with van der Waals surface area (Å²) < 4.78 is 1.79. The maximum Gasteiger partial charge on any atom is 0.242 e. The standard InChI is InChI=1S/C20H31N7O.HI/c1-5-22-20(25(4)14-19(28)26(6-2)7-3)23-12-17-9-8-10-18(11-17)13-27-16-21-15-24-27;/h8-11,15-16H,5-7,12-14H2,1-4H3,(H,22,23);1H. The molecule has 0 unspecified atom stereocenters. The molecule has 0 saturated heterocycles. The smallest absolute Gasteiger partial charge is 0.242 e. The minimum absolute atomic E-state index is 0. The Morgan fingerprint density at radius 3 is 2.55 bits per heavy atom. The molecule has 0 aliphatic rings. The number of aromatic nitrogens is 3. The van der Waals surface area contributed by atoms with E-state index in [2.05, 4.69) is 33.6 Å². The Hall–Kier alpha value is -2.17. The third-order valence-corrected chi connectivity index (χ3v) is 4.40. The molecule has 0 bridgehead atoms. The maximum atomic E-state index is 12.4. The van der Waals surface area contributed by atoms with Crippen LogP contribution in [0.15, 0.2) is 41.9 Å². The normalized spacial score (nSPS) is 11.0. The van der Waals surface area contributed by atoms with Gasteiger partial charge in [0.2, 0.25) is 5.91 Å². The predicted octanol–water partition coefficient (Wildman–Crippen LogP) is 2.21. The number of rotatable bonds is 9. The van der Waals surface area contributed by atoms with Gasteiger partial charge in [-0.1, -0.05) is 24.3 Å². The van der Waals surface area contributed by atoms with Gasteiger partial charge in [-0.25, -0.2) is 14.7 Å². The molecule has 0 fully saturated rings. The topological polar surface area (TPSA) is 78.6 Å². The summed E-state index contributed by atoms with van der Waals surface area (Å²) in [4.78, 5) is 24.8. The zero-order valence-electron chi connectivity index (χ0n) is 17.7. The Bertz CT molecular complexity index is 760. The van der Waals surface area contributed by atoms with Crippen LogP contribution in [0.2, 0.25) is 0 Å². The molecule has 9 heteroatoms. The van der Waals surface area contributed by atoms with Crippen molar-refractivity contribution in [2.45, 2.75) is 33.9 Å². The second-order valence-corrected chi connectivity index (χ2v) is 6.51. The fourth-order valence-corrected chi connectivity index (χ4v) is 2.92. The van der Waals surface area contributed by atoms with E-state index in [1.807, 2.05) is 43.7 Å². The van der Waals surface area contributed by atoms with Crippen molar-refractivity contribution in [1.82, 2.24) is 29.9 Å². The van der Waals surface area contributed by atoms with Crippen LogP contribution in [0.3, 0.4) is 0 Å². The lowest BCUT2D eigenvalue weighted by molar-refractivity contribution is -0.131. The summed E-state index contributed by atoms with van der Waals surface area (Å²) in [6, 6.07) is 8.27. The van der Waals surface area contributed by atoms with Gasteiger partial charge in [0, 0.05) is 26.7 Å². The first-order chi connectivity index (χ1) is 13.6. The van der Waals surface area contributed by atoms with E-state index in [4.69, 9.17) is 4.99 Å². The molecular formula is C20H32IN7O. The first-order valence-corrected chi connectivity index (χ1v) is 9.74. The molecule has 0 radical (unpaired) electrons. The summed E-state index contributed by atoms with van der Waals surface area (Å²) >= 11 is 0. The number of nitrogens with one attached hydrogen (secondary N) is 1. The van der Waals surface area contributed by atoms with Crippen molar-refractivity contribution >= 4 is 35.8 Å². The lowest BCUT2D eigenvalue weighted by Crippen LogP contribution is -2.45. The second kappa shape index (κ2) is 13.1. The molecule has 2 aromatic rings. The number of likely N-dealkylation sites (N-methyl/N-ethyl adjacent to an activating group) is 2. The van der Waals surface area contributed by atoms with Gasteiger partial charge in [0.25, 0.3) is 0 Å². The Labute approximate surface area is 190 Å². The highest BCUT2D eigenvalue weighted by Crippen LogP contribution is 2.08. The fraction of sp³-hybridized carbons (Fsp3) is 0.500. The average molecular weight is 513 g/mol. The average Bonchev–Trinajstić information content (AvgIpc) is 3.19. The number of amides is 1. The molecule has 29 heavy (non-hydrogen) atoms. The van der Waals surface area contributed by atoms with Gasteiger partial charge >= 0.3 is 0 Å². The van der Waals surface area contributed by atoms with Crippen molar-refractivity contribution in [2.24, 2.45) is 4.99 Å². The van der Waals surface area contributed by atoms with Crippen LogP contribution in [0.1, 0.15) is 31.9 Å². The molecular weight excluding hydrogens is 481 g/mol. The van der Waals surface area contributed by atoms with Gasteiger partial charge in [-0.15, -0.1) is 24.0 Å². The third kappa shape index (κ3) is 8.00. The highest BCUT2D eigenvalue weighted by molar-refractivity contribution is 14.0. The Morgan fingerprint density at radius 2 is 1.93 bits per heavy atom. The van der Waals surface area contributed by atoms with Crippen molar-refractivity contribution in [1.29, 1.82) is 0 Å². The Morgan fingerprint density at radius 1 is 1.21 bits per heavy atom. The molecule has 2 rings (SSSR count). The summed E-state index contributed by atoms with van der Waals surface area (Å²) in [7, 11) is 1.89. The van der Waals surface area contributed by atoms with Gasteiger partial charge in [-0.2, -0.15) is 5.10 Å². The van der Waals surface area contributed by atoms with Crippen LogP contribution in [0.25, 0.3) is 0 Å². The third-order valence-electron chi connectivity index (χ3n) is 4.40. The number of benzene rings is 1.